The molecular weight excluding hydrogens is 452 g/mol. The third kappa shape index (κ3) is 8.12. The van der Waals surface area contributed by atoms with Crippen molar-refractivity contribution in [1.82, 2.24) is 9.80 Å². The number of aromatic hydroxyl groups is 1. The summed E-state index contributed by atoms with van der Waals surface area (Å²) in [5.41, 5.74) is 0.684. The number of morpholine rings is 1. The van der Waals surface area contributed by atoms with Crippen molar-refractivity contribution in [1.29, 1.82) is 0 Å². The van der Waals surface area contributed by atoms with E-state index in [1.54, 1.807) is 17.0 Å². The second-order valence-electron chi connectivity index (χ2n) is 9.79. The number of nitrogens with zero attached hydrogens (tertiary/aromatic N) is 3. The first-order valence-electron chi connectivity index (χ1n) is 13.4. The Bertz CT molecular complexity index is 757. The fraction of sp³-hybridized carbons (Fsp3) is 0.741. The molecule has 8 heteroatoms. The molecule has 1 unspecified atom stereocenters. The number of piperidine rings is 2. The molecule has 1 aromatic carbocycles. The molecule has 4 fully saturated rings. The van der Waals surface area contributed by atoms with Gasteiger partial charge in [-0.05, 0) is 63.0 Å². The average Bonchev–Trinajstić information content (AvgIpc) is 2.83. The van der Waals surface area contributed by atoms with Crippen LogP contribution in [0.15, 0.2) is 24.3 Å². The number of ether oxygens (including phenoxy) is 1. The number of likely N-dealkylation sites (tertiary alicyclic amines) is 2. The predicted molar refractivity (Wildman–Crippen MR) is 135 cm³/mol. The Hall–Kier alpha value is -1.77. The second kappa shape index (κ2) is 13.5. The van der Waals surface area contributed by atoms with Gasteiger partial charge in [0.25, 0.3) is 11.8 Å². The number of anilines is 1. The lowest BCUT2D eigenvalue weighted by Crippen LogP contribution is -2.55. The van der Waals surface area contributed by atoms with Gasteiger partial charge in [-0.2, -0.15) is 0 Å². The zero-order valence-corrected chi connectivity index (χ0v) is 21.4. The molecule has 3 heterocycles. The number of phenolic OH excluding ortho intramolecular Hbond substituents is 1. The smallest absolute Gasteiger partial charge is 0.253 e. The van der Waals surface area contributed by atoms with Gasteiger partial charge in [-0.15, -0.1) is 0 Å². The number of halogens is 2. The third-order valence-electron chi connectivity index (χ3n) is 7.34. The summed E-state index contributed by atoms with van der Waals surface area (Å²) in [7, 11) is 0. The number of rotatable bonds is 4. The number of carbonyl (C=O) groups excluding carboxylic acids is 1. The van der Waals surface area contributed by atoms with Gasteiger partial charge in [0, 0.05) is 44.2 Å². The van der Waals surface area contributed by atoms with Crippen LogP contribution in [0.1, 0.15) is 65.2 Å². The van der Waals surface area contributed by atoms with Crippen molar-refractivity contribution in [3.63, 3.8) is 0 Å². The van der Waals surface area contributed by atoms with E-state index in [9.17, 15) is 18.7 Å². The second-order valence-corrected chi connectivity index (χ2v) is 9.79. The Labute approximate surface area is 209 Å². The normalized spacial score (nSPS) is 25.5. The zero-order valence-electron chi connectivity index (χ0n) is 21.4. The molecule has 35 heavy (non-hydrogen) atoms. The SMILES string of the molecule is C1CCN(C2CCC2)CC1.CC.O=C1COCC(CN2CCC(F)(F)CC2)N1c1ccc(O)cc1. The lowest BCUT2D eigenvalue weighted by atomic mass is 9.90. The number of amides is 1. The van der Waals surface area contributed by atoms with Crippen LogP contribution in [0.25, 0.3) is 0 Å². The summed E-state index contributed by atoms with van der Waals surface area (Å²) >= 11 is 0. The Morgan fingerprint density at radius 1 is 0.971 bits per heavy atom. The molecule has 1 atom stereocenters. The molecule has 0 radical (unpaired) electrons. The van der Waals surface area contributed by atoms with Crippen molar-refractivity contribution in [3.05, 3.63) is 24.3 Å². The van der Waals surface area contributed by atoms with E-state index < -0.39 is 5.92 Å². The summed E-state index contributed by atoms with van der Waals surface area (Å²) in [6.45, 7) is 8.31. The van der Waals surface area contributed by atoms with Gasteiger partial charge in [0.05, 0.1) is 12.6 Å². The van der Waals surface area contributed by atoms with Crippen LogP contribution in [0.5, 0.6) is 5.75 Å². The van der Waals surface area contributed by atoms with Gasteiger partial charge in [0.15, 0.2) is 0 Å². The summed E-state index contributed by atoms with van der Waals surface area (Å²) in [6.07, 6.45) is 8.55. The predicted octanol–water partition coefficient (Wildman–Crippen LogP) is 4.91. The standard InChI is InChI=1S/C16H20F2N2O3.C9H17N.C2H6/c17-16(18)5-7-19(8-6-16)9-13-10-23-11-15(22)20(13)12-1-3-14(21)4-2-12;1-2-7-10(8-3-1)9-5-4-6-9;1-2/h1-4,13,21H,5-11H2;9H,1-8H2;1-2H3. The highest BCUT2D eigenvalue weighted by Crippen LogP contribution is 2.29. The highest BCUT2D eigenvalue weighted by molar-refractivity contribution is 5.95. The van der Waals surface area contributed by atoms with Crippen LogP contribution in [-0.4, -0.2) is 84.8 Å². The van der Waals surface area contributed by atoms with E-state index >= 15 is 0 Å². The highest BCUT2D eigenvalue weighted by atomic mass is 19.3. The fourth-order valence-electron chi connectivity index (χ4n) is 5.13. The molecule has 0 aromatic heterocycles. The molecule has 198 valence electrons. The van der Waals surface area contributed by atoms with Gasteiger partial charge in [0.1, 0.15) is 12.4 Å². The molecule has 1 saturated carbocycles. The summed E-state index contributed by atoms with van der Waals surface area (Å²) in [4.78, 5) is 18.5. The number of carbonyl (C=O) groups is 1. The highest BCUT2D eigenvalue weighted by Gasteiger charge is 2.37. The Morgan fingerprint density at radius 2 is 1.60 bits per heavy atom. The van der Waals surface area contributed by atoms with E-state index in [1.165, 1.54) is 63.7 Å². The first-order valence-corrected chi connectivity index (χ1v) is 13.4. The number of hydrogen-bond donors (Lipinski definition) is 1. The van der Waals surface area contributed by atoms with Crippen LogP contribution >= 0.6 is 0 Å². The maximum atomic E-state index is 13.3. The van der Waals surface area contributed by atoms with Crippen molar-refractivity contribution in [2.24, 2.45) is 0 Å². The molecule has 3 aliphatic heterocycles. The summed E-state index contributed by atoms with van der Waals surface area (Å²) in [5.74, 6) is -2.61. The monoisotopic (exact) mass is 495 g/mol. The van der Waals surface area contributed by atoms with Gasteiger partial charge in [0.2, 0.25) is 0 Å². The van der Waals surface area contributed by atoms with E-state index in [4.69, 9.17) is 4.74 Å². The van der Waals surface area contributed by atoms with Crippen LogP contribution in [0, 0.1) is 0 Å². The van der Waals surface area contributed by atoms with Crippen LogP contribution in [0.4, 0.5) is 14.5 Å². The van der Waals surface area contributed by atoms with E-state index in [0.29, 0.717) is 31.9 Å². The van der Waals surface area contributed by atoms with Crippen LogP contribution in [0.2, 0.25) is 0 Å². The number of hydrogen-bond acceptors (Lipinski definition) is 5. The van der Waals surface area contributed by atoms with Crippen molar-refractivity contribution in [3.8, 4) is 5.75 Å². The van der Waals surface area contributed by atoms with Gasteiger partial charge < -0.3 is 24.5 Å². The Balaban J connectivity index is 0.000000236. The summed E-state index contributed by atoms with van der Waals surface area (Å²) in [6, 6.07) is 7.19. The molecule has 5 rings (SSSR count). The first kappa shape index (κ1) is 27.8. The zero-order chi connectivity index (χ0) is 25.3. The third-order valence-corrected chi connectivity index (χ3v) is 7.34. The van der Waals surface area contributed by atoms with E-state index in [-0.39, 0.29) is 37.1 Å². The van der Waals surface area contributed by atoms with Crippen molar-refractivity contribution in [2.45, 2.75) is 83.2 Å². The van der Waals surface area contributed by atoms with Crippen LogP contribution < -0.4 is 4.90 Å². The van der Waals surface area contributed by atoms with Crippen molar-refractivity contribution < 1.29 is 23.4 Å². The van der Waals surface area contributed by atoms with Crippen molar-refractivity contribution >= 4 is 11.6 Å². The average molecular weight is 496 g/mol. The molecule has 0 bridgehead atoms. The van der Waals surface area contributed by atoms with E-state index in [1.807, 2.05) is 18.7 Å². The Kier molecular flexibility index (Phi) is 10.7. The first-order chi connectivity index (χ1) is 16.9. The molecule has 0 spiro atoms. The lowest BCUT2D eigenvalue weighted by Gasteiger charge is -2.40. The van der Waals surface area contributed by atoms with Crippen LogP contribution in [-0.2, 0) is 9.53 Å². The molecule has 1 N–H and O–H groups in total. The maximum absolute atomic E-state index is 13.3. The number of alkyl halides is 2. The molecule has 6 nitrogen and oxygen atoms in total. The molecule has 1 aromatic rings. The Morgan fingerprint density at radius 3 is 2.17 bits per heavy atom. The van der Waals surface area contributed by atoms with Gasteiger partial charge in [-0.1, -0.05) is 26.7 Å². The fourth-order valence-corrected chi connectivity index (χ4v) is 5.13. The maximum Gasteiger partial charge on any atom is 0.253 e. The topological polar surface area (TPSA) is 56.2 Å². The minimum absolute atomic E-state index is 0.00937. The minimum Gasteiger partial charge on any atom is -0.508 e. The molecule has 4 aliphatic rings. The van der Waals surface area contributed by atoms with E-state index in [0.717, 1.165) is 6.04 Å². The molecule has 1 aliphatic carbocycles. The largest absolute Gasteiger partial charge is 0.508 e. The summed E-state index contributed by atoms with van der Waals surface area (Å²) in [5, 5.41) is 9.39. The van der Waals surface area contributed by atoms with Crippen LogP contribution in [0.3, 0.4) is 0 Å². The quantitative estimate of drug-likeness (QED) is 0.644. The molecule has 1 amide bonds. The van der Waals surface area contributed by atoms with Crippen molar-refractivity contribution in [2.75, 3.05) is 50.8 Å². The minimum atomic E-state index is -2.58. The van der Waals surface area contributed by atoms with Gasteiger partial charge in [-0.25, -0.2) is 8.78 Å². The summed E-state index contributed by atoms with van der Waals surface area (Å²) < 4.78 is 31.9. The lowest BCUT2D eigenvalue weighted by molar-refractivity contribution is -0.128. The number of benzene rings is 1. The van der Waals surface area contributed by atoms with Gasteiger partial charge >= 0.3 is 0 Å². The van der Waals surface area contributed by atoms with Gasteiger partial charge in [-0.3, -0.25) is 4.79 Å². The van der Waals surface area contributed by atoms with E-state index in [2.05, 4.69) is 4.90 Å². The molecular formula is C27H43F2N3O3. The molecule has 3 saturated heterocycles. The number of phenols is 1.